The predicted octanol–water partition coefficient (Wildman–Crippen LogP) is 3.94. The van der Waals surface area contributed by atoms with Crippen molar-refractivity contribution in [3.05, 3.63) is 65.5 Å². The first kappa shape index (κ1) is 29.1. The molecule has 0 aliphatic heterocycles. The van der Waals surface area contributed by atoms with Crippen LogP contribution in [0.5, 0.6) is 0 Å². The summed E-state index contributed by atoms with van der Waals surface area (Å²) in [6.45, 7) is 4.14. The summed E-state index contributed by atoms with van der Waals surface area (Å²) >= 11 is 0. The van der Waals surface area contributed by atoms with Crippen molar-refractivity contribution in [2.45, 2.75) is 52.0 Å². The molecule has 0 saturated carbocycles. The number of nitrogens with zero attached hydrogens (tertiary/aromatic N) is 2. The Morgan fingerprint density at radius 3 is 2.17 bits per heavy atom. The molecule has 0 aliphatic carbocycles. The predicted molar refractivity (Wildman–Crippen MR) is 128 cm³/mol. The second-order valence-electron chi connectivity index (χ2n) is 8.55. The van der Waals surface area contributed by atoms with E-state index in [1.807, 2.05) is 0 Å². The second kappa shape index (κ2) is 11.7. The molecule has 1 N–H and O–H groups in total. The number of hydrogen-bond acceptors (Lipinski definition) is 4. The van der Waals surface area contributed by atoms with Gasteiger partial charge in [-0.25, -0.2) is 12.8 Å². The molecule has 1 atom stereocenters. The molecule has 0 bridgehead atoms. The molecule has 0 unspecified atom stereocenters. The van der Waals surface area contributed by atoms with Crippen LogP contribution in [-0.2, 0) is 32.3 Å². The number of halogens is 4. The minimum atomic E-state index is -4.72. The molecule has 0 fully saturated rings. The van der Waals surface area contributed by atoms with Crippen LogP contribution in [0.4, 0.5) is 23.2 Å². The number of carbonyl (C=O) groups is 2. The number of hydrogen-bond donors (Lipinski definition) is 1. The van der Waals surface area contributed by atoms with Crippen LogP contribution >= 0.6 is 0 Å². The number of benzene rings is 2. The van der Waals surface area contributed by atoms with Crippen LogP contribution < -0.4 is 9.62 Å². The van der Waals surface area contributed by atoms with E-state index in [0.29, 0.717) is 15.9 Å². The summed E-state index contributed by atoms with van der Waals surface area (Å²) in [6, 6.07) is 7.57. The van der Waals surface area contributed by atoms with Crippen molar-refractivity contribution in [2.24, 2.45) is 0 Å². The van der Waals surface area contributed by atoms with Crippen LogP contribution in [0.1, 0.15) is 38.3 Å². The van der Waals surface area contributed by atoms with Gasteiger partial charge in [-0.15, -0.1) is 0 Å². The Hall–Kier alpha value is -3.15. The van der Waals surface area contributed by atoms with E-state index in [9.17, 15) is 35.6 Å². The number of rotatable bonds is 10. The molecule has 36 heavy (non-hydrogen) atoms. The number of sulfonamides is 1. The molecule has 0 saturated heterocycles. The minimum absolute atomic E-state index is 0.149. The maximum atomic E-state index is 13.5. The Balaban J connectivity index is 2.48. The maximum Gasteiger partial charge on any atom is 0.416 e. The third-order valence-electron chi connectivity index (χ3n) is 5.22. The normalized spacial score (nSPS) is 12.8. The smallest absolute Gasteiger partial charge is 0.352 e. The van der Waals surface area contributed by atoms with Crippen LogP contribution in [0, 0.1) is 5.82 Å². The highest BCUT2D eigenvalue weighted by Gasteiger charge is 2.34. The quantitative estimate of drug-likeness (QED) is 0.471. The minimum Gasteiger partial charge on any atom is -0.352 e. The summed E-state index contributed by atoms with van der Waals surface area (Å²) < 4.78 is 78.6. The average Bonchev–Trinajstić information content (AvgIpc) is 2.76. The third-order valence-corrected chi connectivity index (χ3v) is 6.36. The van der Waals surface area contributed by atoms with Crippen LogP contribution in [0.25, 0.3) is 0 Å². The van der Waals surface area contributed by atoms with E-state index in [1.54, 1.807) is 20.8 Å². The molecule has 12 heteroatoms. The van der Waals surface area contributed by atoms with E-state index in [0.717, 1.165) is 29.4 Å². The Bertz CT molecular complexity index is 1170. The van der Waals surface area contributed by atoms with Crippen molar-refractivity contribution in [2.75, 3.05) is 17.1 Å². The molecule has 2 rings (SSSR count). The molecule has 2 amide bonds. The van der Waals surface area contributed by atoms with Gasteiger partial charge in [-0.2, -0.15) is 13.2 Å². The van der Waals surface area contributed by atoms with Gasteiger partial charge < -0.3 is 10.2 Å². The van der Waals surface area contributed by atoms with E-state index < -0.39 is 52.0 Å². The Morgan fingerprint density at radius 2 is 1.67 bits per heavy atom. The van der Waals surface area contributed by atoms with Gasteiger partial charge in [0.25, 0.3) is 0 Å². The SMILES string of the molecule is CC[C@H](C(=O)NC(C)C)N(Cc1ccc(F)cc1)C(=O)CN(c1cccc(C(F)(F)F)c1)S(C)(=O)=O. The van der Waals surface area contributed by atoms with Gasteiger partial charge in [0.15, 0.2) is 0 Å². The summed E-state index contributed by atoms with van der Waals surface area (Å²) in [4.78, 5) is 27.5. The Kier molecular flexibility index (Phi) is 9.47. The van der Waals surface area contributed by atoms with Gasteiger partial charge in [0.05, 0.1) is 17.5 Å². The number of alkyl halides is 3. The monoisotopic (exact) mass is 531 g/mol. The molecule has 0 radical (unpaired) electrons. The fourth-order valence-corrected chi connectivity index (χ4v) is 4.38. The Labute approximate surface area is 208 Å². The molecule has 0 aromatic heterocycles. The van der Waals surface area contributed by atoms with Gasteiger partial charge in [0, 0.05) is 12.6 Å². The lowest BCUT2D eigenvalue weighted by molar-refractivity contribution is -0.140. The summed E-state index contributed by atoms with van der Waals surface area (Å²) in [5, 5.41) is 2.71. The highest BCUT2D eigenvalue weighted by Crippen LogP contribution is 2.32. The van der Waals surface area contributed by atoms with Gasteiger partial charge in [-0.05, 0) is 56.2 Å². The molecule has 198 valence electrons. The third kappa shape index (κ3) is 7.94. The van der Waals surface area contributed by atoms with Crippen LogP contribution in [0.2, 0.25) is 0 Å². The zero-order chi connectivity index (χ0) is 27.3. The first-order chi connectivity index (χ1) is 16.6. The van der Waals surface area contributed by atoms with Gasteiger partial charge >= 0.3 is 6.18 Å². The zero-order valence-electron chi connectivity index (χ0n) is 20.3. The number of nitrogens with one attached hydrogen (secondary N) is 1. The molecular weight excluding hydrogens is 502 g/mol. The van der Waals surface area contributed by atoms with Crippen LogP contribution in [-0.4, -0.2) is 50.0 Å². The van der Waals surface area contributed by atoms with Crippen molar-refractivity contribution >= 4 is 27.5 Å². The zero-order valence-corrected chi connectivity index (χ0v) is 21.2. The molecule has 2 aromatic carbocycles. The number of carbonyl (C=O) groups excluding carboxylic acids is 2. The molecule has 0 heterocycles. The van der Waals surface area contributed by atoms with Gasteiger partial charge in [-0.3, -0.25) is 13.9 Å². The lowest BCUT2D eigenvalue weighted by Crippen LogP contribution is -2.53. The molecular formula is C24H29F4N3O4S. The first-order valence-electron chi connectivity index (χ1n) is 11.1. The summed E-state index contributed by atoms with van der Waals surface area (Å²) in [6.07, 6.45) is -3.78. The first-order valence-corrected chi connectivity index (χ1v) is 13.0. The second-order valence-corrected chi connectivity index (χ2v) is 10.5. The number of amides is 2. The van der Waals surface area contributed by atoms with Crippen LogP contribution in [0.15, 0.2) is 48.5 Å². The van der Waals surface area contributed by atoms with Crippen molar-refractivity contribution in [1.82, 2.24) is 10.2 Å². The summed E-state index contributed by atoms with van der Waals surface area (Å²) in [7, 11) is -4.19. The van der Waals surface area contributed by atoms with Gasteiger partial charge in [0.1, 0.15) is 18.4 Å². The molecule has 0 spiro atoms. The highest BCUT2D eigenvalue weighted by atomic mass is 32.2. The van der Waals surface area contributed by atoms with E-state index in [-0.39, 0.29) is 24.7 Å². The van der Waals surface area contributed by atoms with Crippen molar-refractivity contribution in [3.63, 3.8) is 0 Å². The average molecular weight is 532 g/mol. The largest absolute Gasteiger partial charge is 0.416 e. The van der Waals surface area contributed by atoms with E-state index in [4.69, 9.17) is 0 Å². The van der Waals surface area contributed by atoms with Gasteiger partial charge in [0.2, 0.25) is 21.8 Å². The fraction of sp³-hybridized carbons (Fsp3) is 0.417. The highest BCUT2D eigenvalue weighted by molar-refractivity contribution is 7.92. The maximum absolute atomic E-state index is 13.5. The molecule has 0 aliphatic rings. The van der Waals surface area contributed by atoms with Crippen LogP contribution in [0.3, 0.4) is 0 Å². The standard InChI is InChI=1S/C24H29F4N3O4S/c1-5-21(23(33)29-16(2)3)30(14-17-9-11-19(25)12-10-17)22(32)15-31(36(4,34)35)20-8-6-7-18(13-20)24(26,27)28/h6-13,16,21H,5,14-15H2,1-4H3,(H,29,33)/t21-/m1/s1. The summed E-state index contributed by atoms with van der Waals surface area (Å²) in [5.41, 5.74) is -0.945. The van der Waals surface area contributed by atoms with E-state index >= 15 is 0 Å². The van der Waals surface area contributed by atoms with Crippen molar-refractivity contribution < 1.29 is 35.6 Å². The lowest BCUT2D eigenvalue weighted by atomic mass is 10.1. The van der Waals surface area contributed by atoms with E-state index in [1.165, 1.54) is 24.3 Å². The van der Waals surface area contributed by atoms with E-state index in [2.05, 4.69) is 5.32 Å². The van der Waals surface area contributed by atoms with Crippen molar-refractivity contribution in [3.8, 4) is 0 Å². The van der Waals surface area contributed by atoms with Crippen molar-refractivity contribution in [1.29, 1.82) is 0 Å². The molecule has 7 nitrogen and oxygen atoms in total. The lowest BCUT2D eigenvalue weighted by Gasteiger charge is -2.33. The summed E-state index contributed by atoms with van der Waals surface area (Å²) in [5.74, 6) is -1.80. The fourth-order valence-electron chi connectivity index (χ4n) is 3.54. The van der Waals surface area contributed by atoms with Gasteiger partial charge in [-0.1, -0.05) is 25.1 Å². The number of anilines is 1. The topological polar surface area (TPSA) is 86.8 Å². The molecule has 2 aromatic rings. The Morgan fingerprint density at radius 1 is 1.06 bits per heavy atom.